The van der Waals surface area contributed by atoms with Crippen LogP contribution in [0, 0.1) is 0 Å². The lowest BCUT2D eigenvalue weighted by Gasteiger charge is -2.38. The van der Waals surface area contributed by atoms with E-state index in [9.17, 15) is 13.2 Å². The number of halogens is 3. The van der Waals surface area contributed by atoms with E-state index in [4.69, 9.17) is 0 Å². The molecule has 1 saturated heterocycles. The van der Waals surface area contributed by atoms with Crippen molar-refractivity contribution in [3.63, 3.8) is 0 Å². The van der Waals surface area contributed by atoms with Gasteiger partial charge in [-0.15, -0.1) is 0 Å². The summed E-state index contributed by atoms with van der Waals surface area (Å²) >= 11 is 0. The predicted molar refractivity (Wildman–Crippen MR) is 63.5 cm³/mol. The Labute approximate surface area is 104 Å². The van der Waals surface area contributed by atoms with Crippen LogP contribution in [-0.2, 0) is 6.18 Å². The minimum atomic E-state index is -4.32. The zero-order chi connectivity index (χ0) is 13.3. The number of aromatic nitrogens is 1. The first kappa shape index (κ1) is 13.1. The first-order valence-electron chi connectivity index (χ1n) is 5.86. The average molecular weight is 259 g/mol. The third-order valence-electron chi connectivity index (χ3n) is 3.36. The maximum atomic E-state index is 12.4. The topological polar surface area (TPSA) is 19.4 Å². The standard InChI is InChI=1S/C12H16F3N3/c1-9-8-18(6-5-17(9)2)11-4-3-10(7-16-11)12(13,14)15/h3-4,7,9H,5-6,8H2,1-2H3. The largest absolute Gasteiger partial charge is 0.417 e. The van der Waals surface area contributed by atoms with Gasteiger partial charge in [0.25, 0.3) is 0 Å². The van der Waals surface area contributed by atoms with Gasteiger partial charge in [-0.1, -0.05) is 0 Å². The van der Waals surface area contributed by atoms with Crippen molar-refractivity contribution in [2.75, 3.05) is 31.6 Å². The Kier molecular flexibility index (Phi) is 3.47. The molecule has 0 aliphatic carbocycles. The molecule has 3 nitrogen and oxygen atoms in total. The van der Waals surface area contributed by atoms with Gasteiger partial charge in [0.2, 0.25) is 0 Å². The average Bonchev–Trinajstić information content (AvgIpc) is 2.32. The van der Waals surface area contributed by atoms with Crippen molar-refractivity contribution in [3.05, 3.63) is 23.9 Å². The molecule has 1 aromatic rings. The van der Waals surface area contributed by atoms with Crippen molar-refractivity contribution in [3.8, 4) is 0 Å². The van der Waals surface area contributed by atoms with Gasteiger partial charge in [-0.3, -0.25) is 0 Å². The lowest BCUT2D eigenvalue weighted by Crippen LogP contribution is -2.50. The highest BCUT2D eigenvalue weighted by atomic mass is 19.4. The number of hydrogen-bond acceptors (Lipinski definition) is 3. The van der Waals surface area contributed by atoms with Crippen LogP contribution < -0.4 is 4.90 Å². The van der Waals surface area contributed by atoms with Crippen molar-refractivity contribution in [2.45, 2.75) is 19.1 Å². The fourth-order valence-electron chi connectivity index (χ4n) is 2.00. The molecule has 1 aliphatic rings. The summed E-state index contributed by atoms with van der Waals surface area (Å²) in [4.78, 5) is 8.16. The molecule has 0 aromatic carbocycles. The van der Waals surface area contributed by atoms with Crippen LogP contribution in [0.5, 0.6) is 0 Å². The van der Waals surface area contributed by atoms with Gasteiger partial charge in [-0.2, -0.15) is 13.2 Å². The Balaban J connectivity index is 2.11. The number of alkyl halides is 3. The minimum absolute atomic E-state index is 0.378. The zero-order valence-electron chi connectivity index (χ0n) is 10.4. The van der Waals surface area contributed by atoms with Crippen LogP contribution in [0.2, 0.25) is 0 Å². The molecule has 1 aliphatic heterocycles. The fraction of sp³-hybridized carbons (Fsp3) is 0.583. The van der Waals surface area contributed by atoms with Gasteiger partial charge < -0.3 is 9.80 Å². The van der Waals surface area contributed by atoms with E-state index >= 15 is 0 Å². The number of piperazine rings is 1. The van der Waals surface area contributed by atoms with Crippen molar-refractivity contribution >= 4 is 5.82 Å². The summed E-state index contributed by atoms with van der Waals surface area (Å²) in [7, 11) is 2.04. The molecule has 1 fully saturated rings. The number of hydrogen-bond donors (Lipinski definition) is 0. The van der Waals surface area contributed by atoms with Gasteiger partial charge in [0, 0.05) is 31.9 Å². The van der Waals surface area contributed by atoms with Gasteiger partial charge in [0.1, 0.15) is 5.82 Å². The van der Waals surface area contributed by atoms with Crippen LogP contribution >= 0.6 is 0 Å². The molecule has 0 amide bonds. The monoisotopic (exact) mass is 259 g/mol. The number of nitrogens with zero attached hydrogens (tertiary/aromatic N) is 3. The van der Waals surface area contributed by atoms with E-state index in [0.717, 1.165) is 31.9 Å². The van der Waals surface area contributed by atoms with E-state index < -0.39 is 11.7 Å². The smallest absolute Gasteiger partial charge is 0.354 e. The van der Waals surface area contributed by atoms with E-state index in [0.29, 0.717) is 11.9 Å². The first-order chi connectivity index (χ1) is 8.38. The molecule has 2 rings (SSSR count). The molecule has 6 heteroatoms. The van der Waals surface area contributed by atoms with Gasteiger partial charge in [-0.05, 0) is 26.1 Å². The van der Waals surface area contributed by atoms with Crippen molar-refractivity contribution < 1.29 is 13.2 Å². The summed E-state index contributed by atoms with van der Waals surface area (Å²) < 4.78 is 37.2. The highest BCUT2D eigenvalue weighted by Gasteiger charge is 2.31. The van der Waals surface area contributed by atoms with Crippen LogP contribution in [0.25, 0.3) is 0 Å². The predicted octanol–water partition coefficient (Wildman–Crippen LogP) is 2.24. The summed E-state index contributed by atoms with van der Waals surface area (Å²) in [6.07, 6.45) is -3.42. The Morgan fingerprint density at radius 1 is 1.28 bits per heavy atom. The van der Waals surface area contributed by atoms with Crippen LogP contribution in [0.15, 0.2) is 18.3 Å². The van der Waals surface area contributed by atoms with Crippen molar-refractivity contribution in [1.29, 1.82) is 0 Å². The summed E-state index contributed by atoms with van der Waals surface area (Å²) in [6, 6.07) is 2.91. The van der Waals surface area contributed by atoms with Gasteiger partial charge in [-0.25, -0.2) is 4.98 Å². The van der Waals surface area contributed by atoms with Crippen LogP contribution in [0.1, 0.15) is 12.5 Å². The molecular formula is C12H16F3N3. The zero-order valence-corrected chi connectivity index (χ0v) is 10.4. The maximum Gasteiger partial charge on any atom is 0.417 e. The normalized spacial score (nSPS) is 22.3. The summed E-state index contributed by atoms with van der Waals surface area (Å²) in [6.45, 7) is 4.56. The molecule has 1 aromatic heterocycles. The van der Waals surface area contributed by atoms with E-state index in [1.807, 2.05) is 11.9 Å². The van der Waals surface area contributed by atoms with Crippen LogP contribution in [-0.4, -0.2) is 42.6 Å². The van der Waals surface area contributed by atoms with Crippen molar-refractivity contribution in [2.24, 2.45) is 0 Å². The SMILES string of the molecule is CC1CN(c2ccc(C(F)(F)F)cn2)CCN1C. The Bertz CT molecular complexity index is 402. The van der Waals surface area contributed by atoms with Gasteiger partial charge >= 0.3 is 6.18 Å². The fourth-order valence-corrected chi connectivity index (χ4v) is 2.00. The second-order valence-corrected chi connectivity index (χ2v) is 4.68. The summed E-state index contributed by atoms with van der Waals surface area (Å²) in [5.74, 6) is 0.614. The van der Waals surface area contributed by atoms with E-state index in [1.165, 1.54) is 6.07 Å². The van der Waals surface area contributed by atoms with Crippen LogP contribution in [0.4, 0.5) is 19.0 Å². The molecule has 1 atom stereocenters. The first-order valence-corrected chi connectivity index (χ1v) is 5.86. The molecular weight excluding hydrogens is 243 g/mol. The highest BCUT2D eigenvalue weighted by molar-refractivity contribution is 5.40. The Morgan fingerprint density at radius 2 is 2.00 bits per heavy atom. The third-order valence-corrected chi connectivity index (χ3v) is 3.36. The second kappa shape index (κ2) is 4.76. The molecule has 1 unspecified atom stereocenters. The lowest BCUT2D eigenvalue weighted by molar-refractivity contribution is -0.137. The molecule has 18 heavy (non-hydrogen) atoms. The highest BCUT2D eigenvalue weighted by Crippen LogP contribution is 2.29. The third kappa shape index (κ3) is 2.75. The second-order valence-electron chi connectivity index (χ2n) is 4.68. The summed E-state index contributed by atoms with van der Waals surface area (Å²) in [5, 5.41) is 0. The maximum absolute atomic E-state index is 12.4. The quantitative estimate of drug-likeness (QED) is 0.771. The molecule has 0 N–H and O–H groups in total. The number of anilines is 1. The molecule has 0 radical (unpaired) electrons. The Morgan fingerprint density at radius 3 is 2.50 bits per heavy atom. The number of pyridine rings is 1. The van der Waals surface area contributed by atoms with Gasteiger partial charge in [0.05, 0.1) is 5.56 Å². The number of rotatable bonds is 1. The van der Waals surface area contributed by atoms with E-state index in [-0.39, 0.29) is 0 Å². The lowest BCUT2D eigenvalue weighted by atomic mass is 10.2. The number of likely N-dealkylation sites (N-methyl/N-ethyl adjacent to an activating group) is 1. The molecule has 0 bridgehead atoms. The van der Waals surface area contributed by atoms with Crippen molar-refractivity contribution in [1.82, 2.24) is 9.88 Å². The molecule has 0 spiro atoms. The molecule has 0 saturated carbocycles. The van der Waals surface area contributed by atoms with E-state index in [2.05, 4.69) is 16.8 Å². The van der Waals surface area contributed by atoms with Gasteiger partial charge in [0.15, 0.2) is 0 Å². The molecule has 2 heterocycles. The van der Waals surface area contributed by atoms with Crippen LogP contribution in [0.3, 0.4) is 0 Å². The minimum Gasteiger partial charge on any atom is -0.354 e. The summed E-state index contributed by atoms with van der Waals surface area (Å²) in [5.41, 5.74) is -0.701. The molecule has 100 valence electrons. The van der Waals surface area contributed by atoms with E-state index in [1.54, 1.807) is 0 Å². The Hall–Kier alpha value is -1.30.